The van der Waals surface area contributed by atoms with Crippen molar-refractivity contribution in [2.45, 2.75) is 13.5 Å². The molecule has 1 aromatic carbocycles. The number of aromatic nitrogens is 1. The molecule has 1 amide bonds. The first-order valence-electron chi connectivity index (χ1n) is 7.34. The third kappa shape index (κ3) is 3.53. The molecule has 0 unspecified atom stereocenters. The van der Waals surface area contributed by atoms with Gasteiger partial charge in [0.2, 0.25) is 0 Å². The molecule has 3 rings (SSSR count). The fourth-order valence-corrected chi connectivity index (χ4v) is 4.61. The SMILES string of the molecule is C=CCn1c(=NC(=O)c2ccc(Br)s2)sc2cc(OCC)ccc21. The number of hydrogen-bond donors (Lipinski definition) is 0. The smallest absolute Gasteiger partial charge is 0.289 e. The first-order valence-corrected chi connectivity index (χ1v) is 9.76. The van der Waals surface area contributed by atoms with Crippen LogP contribution in [0.5, 0.6) is 5.75 Å². The molecule has 0 N–H and O–H groups in total. The minimum Gasteiger partial charge on any atom is -0.494 e. The highest BCUT2D eigenvalue weighted by atomic mass is 79.9. The van der Waals surface area contributed by atoms with Crippen molar-refractivity contribution in [1.82, 2.24) is 4.57 Å². The molecule has 0 atom stereocenters. The molecule has 0 aliphatic rings. The van der Waals surface area contributed by atoms with Gasteiger partial charge in [0.25, 0.3) is 5.91 Å². The number of allylic oxidation sites excluding steroid dienone is 1. The van der Waals surface area contributed by atoms with Crippen LogP contribution in [0.15, 0.2) is 51.8 Å². The second kappa shape index (κ2) is 7.46. The third-order valence-electron chi connectivity index (χ3n) is 3.26. The van der Waals surface area contributed by atoms with E-state index in [-0.39, 0.29) is 5.91 Å². The van der Waals surface area contributed by atoms with E-state index in [9.17, 15) is 4.79 Å². The predicted molar refractivity (Wildman–Crippen MR) is 103 cm³/mol. The minimum absolute atomic E-state index is 0.236. The number of nitrogens with zero attached hydrogens (tertiary/aromatic N) is 2. The average molecular weight is 423 g/mol. The lowest BCUT2D eigenvalue weighted by Crippen LogP contribution is -2.15. The van der Waals surface area contributed by atoms with Gasteiger partial charge in [-0.15, -0.1) is 17.9 Å². The number of fused-ring (bicyclic) bond motifs is 1. The lowest BCUT2D eigenvalue weighted by Gasteiger charge is -2.04. The molecule has 4 nitrogen and oxygen atoms in total. The van der Waals surface area contributed by atoms with Gasteiger partial charge in [-0.1, -0.05) is 17.4 Å². The number of amides is 1. The van der Waals surface area contributed by atoms with E-state index in [0.717, 1.165) is 19.8 Å². The first-order chi connectivity index (χ1) is 11.6. The van der Waals surface area contributed by atoms with Gasteiger partial charge in [0.15, 0.2) is 4.80 Å². The van der Waals surface area contributed by atoms with Crippen molar-refractivity contribution in [1.29, 1.82) is 0 Å². The molecule has 0 fully saturated rings. The zero-order chi connectivity index (χ0) is 17.1. The fourth-order valence-electron chi connectivity index (χ4n) is 2.27. The molecule has 0 aliphatic carbocycles. The van der Waals surface area contributed by atoms with Crippen LogP contribution >= 0.6 is 38.6 Å². The highest BCUT2D eigenvalue weighted by molar-refractivity contribution is 9.11. The van der Waals surface area contributed by atoms with Gasteiger partial charge in [-0.3, -0.25) is 4.79 Å². The van der Waals surface area contributed by atoms with Crippen molar-refractivity contribution in [3.05, 3.63) is 56.5 Å². The third-order valence-corrected chi connectivity index (χ3v) is 5.91. The first kappa shape index (κ1) is 17.1. The van der Waals surface area contributed by atoms with Crippen LogP contribution in [0.2, 0.25) is 0 Å². The summed E-state index contributed by atoms with van der Waals surface area (Å²) >= 11 is 6.22. The van der Waals surface area contributed by atoms with Crippen molar-refractivity contribution in [2.24, 2.45) is 4.99 Å². The summed E-state index contributed by atoms with van der Waals surface area (Å²) in [5.41, 5.74) is 1.02. The summed E-state index contributed by atoms with van der Waals surface area (Å²) in [5, 5.41) is 0. The van der Waals surface area contributed by atoms with Crippen LogP contribution in [-0.2, 0) is 6.54 Å². The van der Waals surface area contributed by atoms with Crippen LogP contribution in [-0.4, -0.2) is 17.1 Å². The van der Waals surface area contributed by atoms with E-state index in [2.05, 4.69) is 27.5 Å². The maximum Gasteiger partial charge on any atom is 0.289 e. The van der Waals surface area contributed by atoms with Crippen LogP contribution in [0.4, 0.5) is 0 Å². The minimum atomic E-state index is -0.236. The normalized spacial score (nSPS) is 11.8. The number of thiazole rings is 1. The van der Waals surface area contributed by atoms with Crippen LogP contribution in [0.3, 0.4) is 0 Å². The van der Waals surface area contributed by atoms with Crippen molar-refractivity contribution in [3.8, 4) is 5.75 Å². The fraction of sp³-hybridized carbons (Fsp3) is 0.176. The summed E-state index contributed by atoms with van der Waals surface area (Å²) in [5.74, 6) is 0.581. The largest absolute Gasteiger partial charge is 0.494 e. The van der Waals surface area contributed by atoms with Gasteiger partial charge < -0.3 is 9.30 Å². The van der Waals surface area contributed by atoms with E-state index in [4.69, 9.17) is 4.74 Å². The maximum absolute atomic E-state index is 12.4. The van der Waals surface area contributed by atoms with Crippen LogP contribution in [0, 0.1) is 0 Å². The number of thiophene rings is 1. The molecule has 2 heterocycles. The Kier molecular flexibility index (Phi) is 5.33. The van der Waals surface area contributed by atoms with E-state index in [1.807, 2.05) is 35.8 Å². The van der Waals surface area contributed by atoms with Crippen LogP contribution in [0.1, 0.15) is 16.6 Å². The molecule has 0 saturated carbocycles. The number of hydrogen-bond acceptors (Lipinski definition) is 4. The summed E-state index contributed by atoms with van der Waals surface area (Å²) in [6.07, 6.45) is 1.80. The highest BCUT2D eigenvalue weighted by Gasteiger charge is 2.11. The van der Waals surface area contributed by atoms with Crippen molar-refractivity contribution in [2.75, 3.05) is 6.61 Å². The molecule has 2 aromatic heterocycles. The number of rotatable bonds is 5. The van der Waals surface area contributed by atoms with E-state index in [1.54, 1.807) is 12.1 Å². The summed E-state index contributed by atoms with van der Waals surface area (Å²) in [6.45, 7) is 6.96. The van der Waals surface area contributed by atoms with Gasteiger partial charge in [0.05, 0.1) is 25.5 Å². The number of carbonyl (C=O) groups excluding carboxylic acids is 1. The molecule has 7 heteroatoms. The summed E-state index contributed by atoms with van der Waals surface area (Å²) < 4.78 is 9.49. The van der Waals surface area contributed by atoms with Gasteiger partial charge in [0, 0.05) is 6.54 Å². The van der Waals surface area contributed by atoms with Gasteiger partial charge >= 0.3 is 0 Å². The Labute approximate surface area is 155 Å². The monoisotopic (exact) mass is 422 g/mol. The van der Waals surface area contributed by atoms with E-state index in [0.29, 0.717) is 22.8 Å². The lowest BCUT2D eigenvalue weighted by molar-refractivity contribution is 0.100. The van der Waals surface area contributed by atoms with Gasteiger partial charge in [-0.05, 0) is 53.2 Å². The molecule has 0 spiro atoms. The van der Waals surface area contributed by atoms with E-state index >= 15 is 0 Å². The predicted octanol–water partition coefficient (Wildman–Crippen LogP) is 4.85. The average Bonchev–Trinajstić information content (AvgIpc) is 3.12. The Morgan fingerprint density at radius 2 is 2.21 bits per heavy atom. The standard InChI is InChI=1S/C17H15BrN2O2S2/c1-3-9-20-12-6-5-11(22-4-2)10-14(12)24-17(20)19-16(21)13-7-8-15(18)23-13/h3,5-8,10H,1,4,9H2,2H3. The zero-order valence-electron chi connectivity index (χ0n) is 13.0. The lowest BCUT2D eigenvalue weighted by atomic mass is 10.3. The van der Waals surface area contributed by atoms with Crippen molar-refractivity contribution >= 4 is 54.7 Å². The van der Waals surface area contributed by atoms with E-state index in [1.165, 1.54) is 22.7 Å². The van der Waals surface area contributed by atoms with Crippen molar-refractivity contribution < 1.29 is 9.53 Å². The van der Waals surface area contributed by atoms with Crippen LogP contribution < -0.4 is 9.54 Å². The Bertz CT molecular complexity index is 969. The van der Waals surface area contributed by atoms with Crippen molar-refractivity contribution in [3.63, 3.8) is 0 Å². The van der Waals surface area contributed by atoms with Gasteiger partial charge in [0.1, 0.15) is 5.75 Å². The number of ether oxygens (including phenoxy) is 1. The molecule has 24 heavy (non-hydrogen) atoms. The second-order valence-corrected chi connectivity index (χ2v) is 8.34. The molecule has 124 valence electrons. The van der Waals surface area contributed by atoms with Gasteiger partial charge in [-0.2, -0.15) is 4.99 Å². The molecule has 3 aromatic rings. The highest BCUT2D eigenvalue weighted by Crippen LogP contribution is 2.25. The maximum atomic E-state index is 12.4. The summed E-state index contributed by atoms with van der Waals surface area (Å²) in [7, 11) is 0. The zero-order valence-corrected chi connectivity index (χ0v) is 16.2. The Hall–Kier alpha value is -1.70. The quantitative estimate of drug-likeness (QED) is 0.551. The van der Waals surface area contributed by atoms with E-state index < -0.39 is 0 Å². The summed E-state index contributed by atoms with van der Waals surface area (Å²) in [6, 6.07) is 9.53. The second-order valence-electron chi connectivity index (χ2n) is 4.87. The topological polar surface area (TPSA) is 43.6 Å². The van der Waals surface area contributed by atoms with Crippen LogP contribution in [0.25, 0.3) is 10.2 Å². The molecular weight excluding hydrogens is 408 g/mol. The number of carbonyl (C=O) groups is 1. The molecule has 0 aliphatic heterocycles. The molecule has 0 bridgehead atoms. The Balaban J connectivity index is 2.11. The molecular formula is C17H15BrN2O2S2. The Morgan fingerprint density at radius 1 is 1.38 bits per heavy atom. The Morgan fingerprint density at radius 3 is 2.88 bits per heavy atom. The number of halogens is 1. The number of benzene rings is 1. The van der Waals surface area contributed by atoms with Gasteiger partial charge in [-0.25, -0.2) is 0 Å². The molecule has 0 radical (unpaired) electrons. The summed E-state index contributed by atoms with van der Waals surface area (Å²) in [4.78, 5) is 18.0. The molecule has 0 saturated heterocycles.